The third-order valence-electron chi connectivity index (χ3n) is 5.91. The number of piperidine rings is 1. The summed E-state index contributed by atoms with van der Waals surface area (Å²) in [5.41, 5.74) is 2.11. The molecule has 0 aliphatic carbocycles. The van der Waals surface area contributed by atoms with Crippen LogP contribution in [0.2, 0.25) is 5.02 Å². The summed E-state index contributed by atoms with van der Waals surface area (Å²) in [5.74, 6) is 1.77. The molecule has 1 amide bonds. The van der Waals surface area contributed by atoms with Crippen molar-refractivity contribution < 1.29 is 23.8 Å². The molecule has 4 rings (SSSR count). The van der Waals surface area contributed by atoms with Crippen LogP contribution in [0.5, 0.6) is 17.2 Å². The molecule has 170 valence electrons. The Balaban J connectivity index is 1.31. The fraction of sp³-hybridized carbons (Fsp3) is 0.417. The van der Waals surface area contributed by atoms with E-state index in [9.17, 15) is 9.59 Å². The Morgan fingerprint density at radius 1 is 1.12 bits per heavy atom. The van der Waals surface area contributed by atoms with Crippen LogP contribution in [-0.2, 0) is 4.79 Å². The Hall–Kier alpha value is -2.77. The van der Waals surface area contributed by atoms with Gasteiger partial charge in [0, 0.05) is 22.6 Å². The molecule has 0 unspecified atom stereocenters. The van der Waals surface area contributed by atoms with Gasteiger partial charge in [0.2, 0.25) is 5.91 Å². The smallest absolute Gasteiger partial charge is 0.238 e. The fourth-order valence-electron chi connectivity index (χ4n) is 4.11. The van der Waals surface area contributed by atoms with Gasteiger partial charge in [-0.05, 0) is 62.7 Å². The molecule has 0 atom stereocenters. The minimum Gasteiger partial charge on any atom is -0.495 e. The number of ketones is 1. The van der Waals surface area contributed by atoms with Crippen LogP contribution in [0, 0.1) is 12.8 Å². The number of carbonyl (C=O) groups is 2. The number of nitrogens with zero attached hydrogens (tertiary/aromatic N) is 1. The zero-order valence-corrected chi connectivity index (χ0v) is 19.0. The van der Waals surface area contributed by atoms with E-state index in [1.165, 1.54) is 0 Å². The molecule has 0 aromatic heterocycles. The van der Waals surface area contributed by atoms with Gasteiger partial charge in [0.1, 0.15) is 19.0 Å². The number of amides is 1. The second-order valence-electron chi connectivity index (χ2n) is 8.12. The maximum absolute atomic E-state index is 13.0. The molecule has 2 aromatic carbocycles. The standard InChI is InChI=1S/C24H27ClN2O5/c1-15-11-19(21(30-2)13-18(15)25)26-23(28)14-27-7-5-16(6-8-27)24(29)17-3-4-20-22(12-17)32-10-9-31-20/h3-4,11-13,16H,5-10,14H2,1-2H3,(H,26,28). The molecule has 0 radical (unpaired) electrons. The number of ether oxygens (including phenoxy) is 3. The van der Waals surface area contributed by atoms with Gasteiger partial charge in [-0.3, -0.25) is 14.5 Å². The number of likely N-dealkylation sites (tertiary alicyclic amines) is 1. The Labute approximate surface area is 192 Å². The molecule has 2 heterocycles. The Kier molecular flexibility index (Phi) is 6.86. The number of nitrogens with one attached hydrogen (secondary N) is 1. The van der Waals surface area contributed by atoms with E-state index in [1.807, 2.05) is 6.92 Å². The van der Waals surface area contributed by atoms with E-state index in [2.05, 4.69) is 10.2 Å². The lowest BCUT2D eigenvalue weighted by Gasteiger charge is -2.31. The molecule has 0 bridgehead atoms. The van der Waals surface area contributed by atoms with E-state index in [-0.39, 0.29) is 24.2 Å². The van der Waals surface area contributed by atoms with Gasteiger partial charge in [0.25, 0.3) is 0 Å². The van der Waals surface area contributed by atoms with Gasteiger partial charge in [0.05, 0.1) is 19.3 Å². The molecular formula is C24H27ClN2O5. The predicted octanol–water partition coefficient (Wildman–Crippen LogP) is 3.96. The van der Waals surface area contributed by atoms with Crippen molar-refractivity contribution in [1.29, 1.82) is 0 Å². The van der Waals surface area contributed by atoms with Crippen molar-refractivity contribution in [2.24, 2.45) is 5.92 Å². The van der Waals surface area contributed by atoms with Gasteiger partial charge in [-0.25, -0.2) is 0 Å². The number of rotatable bonds is 6. The first-order valence-electron chi connectivity index (χ1n) is 10.7. The van der Waals surface area contributed by atoms with Crippen molar-refractivity contribution in [3.63, 3.8) is 0 Å². The summed E-state index contributed by atoms with van der Waals surface area (Å²) in [7, 11) is 1.54. The summed E-state index contributed by atoms with van der Waals surface area (Å²) >= 11 is 6.13. The second-order valence-corrected chi connectivity index (χ2v) is 8.53. The summed E-state index contributed by atoms with van der Waals surface area (Å²) in [6.07, 6.45) is 1.42. The summed E-state index contributed by atoms with van der Waals surface area (Å²) < 4.78 is 16.4. The maximum Gasteiger partial charge on any atom is 0.238 e. The zero-order valence-electron chi connectivity index (χ0n) is 18.3. The Bertz CT molecular complexity index is 1020. The van der Waals surface area contributed by atoms with Gasteiger partial charge in [0.15, 0.2) is 17.3 Å². The first-order chi connectivity index (χ1) is 15.4. The number of carbonyl (C=O) groups excluding carboxylic acids is 2. The molecule has 2 aromatic rings. The largest absolute Gasteiger partial charge is 0.495 e. The SMILES string of the molecule is COc1cc(Cl)c(C)cc1NC(=O)CN1CCC(C(=O)c2ccc3c(c2)OCCO3)CC1. The number of aryl methyl sites for hydroxylation is 1. The number of anilines is 1. The minimum atomic E-state index is -0.123. The van der Waals surface area contributed by atoms with Crippen LogP contribution in [0.25, 0.3) is 0 Å². The average molecular weight is 459 g/mol. The highest BCUT2D eigenvalue weighted by molar-refractivity contribution is 6.31. The first-order valence-corrected chi connectivity index (χ1v) is 11.1. The van der Waals surface area contributed by atoms with Crippen molar-refractivity contribution in [3.05, 3.63) is 46.5 Å². The van der Waals surface area contributed by atoms with Gasteiger partial charge >= 0.3 is 0 Å². The van der Waals surface area contributed by atoms with E-state index < -0.39 is 0 Å². The summed E-state index contributed by atoms with van der Waals surface area (Å²) in [6, 6.07) is 8.88. The Morgan fingerprint density at radius 3 is 2.56 bits per heavy atom. The molecule has 2 aliphatic heterocycles. The van der Waals surface area contributed by atoms with E-state index in [0.29, 0.717) is 72.7 Å². The predicted molar refractivity (Wildman–Crippen MR) is 122 cm³/mol. The number of hydrogen-bond donors (Lipinski definition) is 1. The van der Waals surface area contributed by atoms with Crippen LogP contribution in [0.3, 0.4) is 0 Å². The number of methoxy groups -OCH3 is 1. The number of hydrogen-bond acceptors (Lipinski definition) is 6. The molecule has 8 heteroatoms. The van der Waals surface area contributed by atoms with Crippen molar-refractivity contribution in [1.82, 2.24) is 4.90 Å². The van der Waals surface area contributed by atoms with Crippen LogP contribution in [-0.4, -0.2) is 56.5 Å². The molecule has 32 heavy (non-hydrogen) atoms. The molecule has 7 nitrogen and oxygen atoms in total. The molecule has 2 aliphatic rings. The van der Waals surface area contributed by atoms with E-state index in [4.69, 9.17) is 25.8 Å². The molecule has 1 fully saturated rings. The summed E-state index contributed by atoms with van der Waals surface area (Å²) in [5, 5.41) is 3.50. The normalized spacial score (nSPS) is 16.5. The van der Waals surface area contributed by atoms with E-state index in [1.54, 1.807) is 37.4 Å². The van der Waals surface area contributed by atoms with Crippen LogP contribution in [0.4, 0.5) is 5.69 Å². The molecule has 0 saturated carbocycles. The number of halogens is 1. The molecular weight excluding hydrogens is 432 g/mol. The number of benzene rings is 2. The van der Waals surface area contributed by atoms with E-state index >= 15 is 0 Å². The van der Waals surface area contributed by atoms with Crippen molar-refractivity contribution in [3.8, 4) is 17.2 Å². The highest BCUT2D eigenvalue weighted by atomic mass is 35.5. The van der Waals surface area contributed by atoms with Gasteiger partial charge < -0.3 is 19.5 Å². The van der Waals surface area contributed by atoms with Crippen LogP contribution >= 0.6 is 11.6 Å². The third kappa shape index (κ3) is 5.00. The van der Waals surface area contributed by atoms with E-state index in [0.717, 1.165) is 5.56 Å². The lowest BCUT2D eigenvalue weighted by molar-refractivity contribution is -0.117. The summed E-state index contributed by atoms with van der Waals surface area (Å²) in [6.45, 7) is 4.52. The minimum absolute atomic E-state index is 0.0594. The van der Waals surface area contributed by atoms with Crippen molar-refractivity contribution in [2.75, 3.05) is 45.3 Å². The Morgan fingerprint density at radius 2 is 1.84 bits per heavy atom. The fourth-order valence-corrected chi connectivity index (χ4v) is 4.26. The van der Waals surface area contributed by atoms with Crippen LogP contribution < -0.4 is 19.5 Å². The van der Waals surface area contributed by atoms with Crippen molar-refractivity contribution >= 4 is 29.0 Å². The van der Waals surface area contributed by atoms with Gasteiger partial charge in [-0.1, -0.05) is 11.6 Å². The molecule has 0 spiro atoms. The number of fused-ring (bicyclic) bond motifs is 1. The third-order valence-corrected chi connectivity index (χ3v) is 6.31. The monoisotopic (exact) mass is 458 g/mol. The van der Waals surface area contributed by atoms with Gasteiger partial charge in [-0.15, -0.1) is 0 Å². The average Bonchev–Trinajstić information content (AvgIpc) is 2.81. The maximum atomic E-state index is 13.0. The van der Waals surface area contributed by atoms with Crippen LogP contribution in [0.1, 0.15) is 28.8 Å². The van der Waals surface area contributed by atoms with Crippen molar-refractivity contribution in [2.45, 2.75) is 19.8 Å². The lowest BCUT2D eigenvalue weighted by atomic mass is 9.88. The topological polar surface area (TPSA) is 77.1 Å². The zero-order chi connectivity index (χ0) is 22.7. The van der Waals surface area contributed by atoms with Crippen LogP contribution in [0.15, 0.2) is 30.3 Å². The lowest BCUT2D eigenvalue weighted by Crippen LogP contribution is -2.40. The molecule has 1 N–H and O–H groups in total. The quantitative estimate of drug-likeness (QED) is 0.660. The molecule has 1 saturated heterocycles. The highest BCUT2D eigenvalue weighted by Gasteiger charge is 2.28. The highest BCUT2D eigenvalue weighted by Crippen LogP contribution is 2.33. The van der Waals surface area contributed by atoms with Gasteiger partial charge in [-0.2, -0.15) is 0 Å². The summed E-state index contributed by atoms with van der Waals surface area (Å²) in [4.78, 5) is 27.6. The second kappa shape index (κ2) is 9.79. The first kappa shape index (κ1) is 22.4. The number of Topliss-reactive ketones (excluding diaryl/α,β-unsaturated/α-hetero) is 1.